The molecule has 0 aliphatic carbocycles. The van der Waals surface area contributed by atoms with Gasteiger partial charge in [0, 0.05) is 79.6 Å². The van der Waals surface area contributed by atoms with Crippen molar-refractivity contribution in [3.05, 3.63) is 0 Å². The van der Waals surface area contributed by atoms with Gasteiger partial charge in [-0.3, -0.25) is 0 Å². The summed E-state index contributed by atoms with van der Waals surface area (Å²) >= 11 is 0. The van der Waals surface area contributed by atoms with Gasteiger partial charge in [0.15, 0.2) is 0 Å². The third-order valence-corrected chi connectivity index (χ3v) is 4.31. The minimum Gasteiger partial charge on any atom is -0.813 e. The van der Waals surface area contributed by atoms with Crippen LogP contribution in [-0.4, -0.2) is 32.8 Å². The van der Waals surface area contributed by atoms with Gasteiger partial charge in [0.2, 0.25) is 0 Å². The van der Waals surface area contributed by atoms with Gasteiger partial charge in [-0.05, 0) is 13.1 Å². The molecule has 0 rings (SSSR count). The Kier molecular flexibility index (Phi) is 47.3. The largest absolute Gasteiger partial charge is 0.813 e. The van der Waals surface area contributed by atoms with Crippen molar-refractivity contribution in [1.82, 2.24) is 0 Å². The molecular formula is C4H14O3S2Si2Y2-2. The zero-order valence-electron chi connectivity index (χ0n) is 8.27. The first kappa shape index (κ1) is 29.8. The standard InChI is InChI=1S/C4H12O3Si2.2H2S.2Y/c1-5-8(3)7-9(4)6-2;;;;/h1-4H3;2*1H2;;/p-2. The van der Waals surface area contributed by atoms with Gasteiger partial charge in [0.25, 0.3) is 0 Å². The fraction of sp³-hybridized carbons (Fsp3) is 1.00. The predicted molar refractivity (Wildman–Crippen MR) is 55.9 cm³/mol. The second-order valence-electron chi connectivity index (χ2n) is 1.49. The SMILES string of the molecule is CO[Si](C)O[Si](C)OC.[SH-].[SH-].[Y].[Y]. The maximum atomic E-state index is 5.31. The third kappa shape index (κ3) is 21.1. The van der Waals surface area contributed by atoms with E-state index in [9.17, 15) is 0 Å². The first-order valence-electron chi connectivity index (χ1n) is 2.63. The molecule has 13 heavy (non-hydrogen) atoms. The van der Waals surface area contributed by atoms with E-state index in [1.165, 1.54) is 0 Å². The van der Waals surface area contributed by atoms with Crippen molar-refractivity contribution in [2.24, 2.45) is 0 Å². The van der Waals surface area contributed by atoms with Crippen molar-refractivity contribution in [3.63, 3.8) is 0 Å². The molecule has 0 amide bonds. The molecule has 0 heterocycles. The van der Waals surface area contributed by atoms with E-state index in [-0.39, 0.29) is 92.4 Å². The van der Waals surface area contributed by atoms with Crippen molar-refractivity contribution in [3.8, 4) is 0 Å². The predicted octanol–water partition coefficient (Wildman–Crippen LogP) is -0.0134. The summed E-state index contributed by atoms with van der Waals surface area (Å²) in [5, 5.41) is 0. The van der Waals surface area contributed by atoms with Crippen LogP contribution in [0.3, 0.4) is 0 Å². The Labute approximate surface area is 149 Å². The van der Waals surface area contributed by atoms with Crippen LogP contribution in [0.1, 0.15) is 0 Å². The maximum absolute atomic E-state index is 5.31. The number of rotatable bonds is 4. The van der Waals surface area contributed by atoms with Crippen molar-refractivity contribution in [2.75, 3.05) is 14.2 Å². The van der Waals surface area contributed by atoms with E-state index in [4.69, 9.17) is 13.0 Å². The Balaban J connectivity index is -0.0000000533. The zero-order chi connectivity index (χ0) is 7.28. The molecule has 4 radical (unpaired) electrons. The van der Waals surface area contributed by atoms with Crippen LogP contribution >= 0.6 is 0 Å². The van der Waals surface area contributed by atoms with Crippen LogP contribution in [0, 0.1) is 0 Å². The van der Waals surface area contributed by atoms with E-state index in [0.29, 0.717) is 0 Å². The van der Waals surface area contributed by atoms with Crippen LogP contribution in [0.15, 0.2) is 0 Å². The summed E-state index contributed by atoms with van der Waals surface area (Å²) in [6.45, 7) is 3.88. The van der Waals surface area contributed by atoms with Crippen LogP contribution < -0.4 is 0 Å². The summed E-state index contributed by atoms with van der Waals surface area (Å²) in [6.07, 6.45) is 0. The normalized spacial score (nSPS) is 7.85. The van der Waals surface area contributed by atoms with Crippen molar-refractivity contribution in [1.29, 1.82) is 0 Å². The van der Waals surface area contributed by atoms with E-state index in [2.05, 4.69) is 0 Å². The molecule has 0 N–H and O–H groups in total. The zero-order valence-corrected chi connectivity index (χ0v) is 17.7. The molecule has 0 aromatic rings. The second kappa shape index (κ2) is 20.6. The fourth-order valence-electron chi connectivity index (χ4n) is 0.286. The molecule has 3 nitrogen and oxygen atoms in total. The van der Waals surface area contributed by atoms with E-state index >= 15 is 0 Å². The van der Waals surface area contributed by atoms with E-state index in [1.807, 2.05) is 13.1 Å². The summed E-state index contributed by atoms with van der Waals surface area (Å²) in [4.78, 5) is 0. The van der Waals surface area contributed by atoms with Crippen LogP contribution in [0.2, 0.25) is 13.1 Å². The van der Waals surface area contributed by atoms with Gasteiger partial charge in [0.1, 0.15) is 0 Å². The molecule has 0 aromatic carbocycles. The molecule has 9 heteroatoms. The minimum absolute atomic E-state index is 0. The molecular weight excluding hydrogens is 394 g/mol. The van der Waals surface area contributed by atoms with Gasteiger partial charge < -0.3 is 40.0 Å². The molecule has 0 aliphatic heterocycles. The Morgan fingerprint density at radius 3 is 1.15 bits per heavy atom. The number of hydrogen-bond donors (Lipinski definition) is 0. The van der Waals surface area contributed by atoms with Crippen molar-refractivity contribution in [2.45, 2.75) is 13.1 Å². The van der Waals surface area contributed by atoms with E-state index in [0.717, 1.165) is 0 Å². The summed E-state index contributed by atoms with van der Waals surface area (Å²) in [7, 11) is 1.26. The fourth-order valence-corrected chi connectivity index (χ4v) is 2.57. The average Bonchev–Trinajstić information content (AvgIpc) is 1.87. The van der Waals surface area contributed by atoms with E-state index in [1.54, 1.807) is 14.2 Å². The topological polar surface area (TPSA) is 27.7 Å². The van der Waals surface area contributed by atoms with Crippen LogP contribution in [0.25, 0.3) is 0 Å². The van der Waals surface area contributed by atoms with Crippen LogP contribution in [0.5, 0.6) is 0 Å². The molecule has 0 fully saturated rings. The smallest absolute Gasteiger partial charge is 0.371 e. The first-order valence-corrected chi connectivity index (χ1v) is 6.27. The van der Waals surface area contributed by atoms with Crippen molar-refractivity contribution >= 4 is 45.6 Å². The van der Waals surface area contributed by atoms with Crippen LogP contribution in [-0.2, 0) is 105 Å². The van der Waals surface area contributed by atoms with Gasteiger partial charge in [-0.15, -0.1) is 0 Å². The van der Waals surface area contributed by atoms with Gasteiger partial charge >= 0.3 is 18.6 Å². The quantitative estimate of drug-likeness (QED) is 0.371. The minimum atomic E-state index is -1.02. The van der Waals surface area contributed by atoms with Gasteiger partial charge in [-0.2, -0.15) is 0 Å². The summed E-state index contributed by atoms with van der Waals surface area (Å²) < 4.78 is 15.2. The second-order valence-corrected chi connectivity index (χ2v) is 5.09. The maximum Gasteiger partial charge on any atom is 0.371 e. The van der Waals surface area contributed by atoms with Gasteiger partial charge in [-0.1, -0.05) is 0 Å². The van der Waals surface area contributed by atoms with Gasteiger partial charge in [-0.25, -0.2) is 0 Å². The Bertz CT molecular complexity index is 78.4. The van der Waals surface area contributed by atoms with Crippen molar-refractivity contribution < 1.29 is 78.4 Å². The average molecular weight is 408 g/mol. The molecule has 0 spiro atoms. The summed E-state index contributed by atoms with van der Waals surface area (Å²) in [5.74, 6) is 0. The molecule has 0 unspecified atom stereocenters. The van der Waals surface area contributed by atoms with E-state index < -0.39 is 18.6 Å². The third-order valence-electron chi connectivity index (χ3n) is 0.862. The first-order chi connectivity index (χ1) is 4.20. The molecule has 76 valence electrons. The number of hydrogen-bond acceptors (Lipinski definition) is 5. The summed E-state index contributed by atoms with van der Waals surface area (Å²) in [5.41, 5.74) is 0. The Hall–Kier alpha value is 3.22. The number of thiol groups is 2. The molecule has 0 atom stereocenters. The molecule has 0 saturated heterocycles. The summed E-state index contributed by atoms with van der Waals surface area (Å²) in [6, 6.07) is 0. The van der Waals surface area contributed by atoms with Crippen LogP contribution in [0.4, 0.5) is 0 Å². The monoisotopic (exact) mass is 408 g/mol. The Morgan fingerprint density at radius 1 is 0.769 bits per heavy atom. The molecule has 0 aromatic heterocycles. The van der Waals surface area contributed by atoms with Gasteiger partial charge in [0.05, 0.1) is 0 Å². The molecule has 0 aliphatic rings. The Morgan fingerprint density at radius 2 is 1.00 bits per heavy atom. The molecule has 0 bridgehead atoms. The molecule has 0 saturated carbocycles.